The number of nitrogens with one attached hydrogen (secondary N) is 1. The molecule has 0 bridgehead atoms. The Morgan fingerprint density at radius 3 is 2.42 bits per heavy atom. The molecule has 0 spiro atoms. The molecule has 2 rings (SSSR count). The van der Waals surface area contributed by atoms with Gasteiger partial charge in [-0.1, -0.05) is 39.5 Å². The molecule has 0 amide bonds. The van der Waals surface area contributed by atoms with Gasteiger partial charge in [0.05, 0.1) is 0 Å². The lowest BCUT2D eigenvalue weighted by atomic mass is 9.87. The molecule has 19 heavy (non-hydrogen) atoms. The third kappa shape index (κ3) is 4.71. The minimum atomic E-state index is 0.191. The van der Waals surface area contributed by atoms with Crippen LogP contribution in [0.25, 0.3) is 0 Å². The predicted molar refractivity (Wildman–Crippen MR) is 80.8 cm³/mol. The maximum absolute atomic E-state index is 5.75. The van der Waals surface area contributed by atoms with Gasteiger partial charge in [0.2, 0.25) is 0 Å². The van der Waals surface area contributed by atoms with E-state index in [2.05, 4.69) is 44.8 Å². The molecule has 2 nitrogen and oxygen atoms in total. The Morgan fingerprint density at radius 2 is 1.89 bits per heavy atom. The van der Waals surface area contributed by atoms with Gasteiger partial charge in [0.15, 0.2) is 0 Å². The van der Waals surface area contributed by atoms with E-state index in [1.165, 1.54) is 18.4 Å². The zero-order chi connectivity index (χ0) is 13.9. The number of rotatable bonds is 6. The molecule has 1 fully saturated rings. The van der Waals surface area contributed by atoms with Gasteiger partial charge >= 0.3 is 0 Å². The van der Waals surface area contributed by atoms with Gasteiger partial charge in [0, 0.05) is 12.6 Å². The molecule has 0 unspecified atom stereocenters. The summed E-state index contributed by atoms with van der Waals surface area (Å²) in [6, 6.07) is 9.09. The van der Waals surface area contributed by atoms with Crippen molar-refractivity contribution in [2.24, 2.45) is 0 Å². The van der Waals surface area contributed by atoms with Crippen LogP contribution in [0, 0.1) is 0 Å². The van der Waals surface area contributed by atoms with Crippen LogP contribution in [-0.4, -0.2) is 19.2 Å². The van der Waals surface area contributed by atoms with Crippen LogP contribution in [0.2, 0.25) is 0 Å². The van der Waals surface area contributed by atoms with Crippen molar-refractivity contribution in [3.05, 3.63) is 42.0 Å². The first-order valence-electron chi connectivity index (χ1n) is 7.08. The van der Waals surface area contributed by atoms with Crippen LogP contribution in [-0.2, 0) is 5.41 Å². The van der Waals surface area contributed by atoms with E-state index in [9.17, 15) is 0 Å². The van der Waals surface area contributed by atoms with E-state index in [1.807, 2.05) is 12.1 Å². The van der Waals surface area contributed by atoms with Gasteiger partial charge in [-0.3, -0.25) is 0 Å². The SMILES string of the molecule is C=C(CNC1CC1)COc1ccc(C(C)(C)C)cc1. The summed E-state index contributed by atoms with van der Waals surface area (Å²) in [4.78, 5) is 0. The lowest BCUT2D eigenvalue weighted by Crippen LogP contribution is -2.21. The van der Waals surface area contributed by atoms with E-state index in [-0.39, 0.29) is 5.41 Å². The fraction of sp³-hybridized carbons (Fsp3) is 0.529. The van der Waals surface area contributed by atoms with Gasteiger partial charge in [-0.25, -0.2) is 0 Å². The van der Waals surface area contributed by atoms with Crippen molar-refractivity contribution in [3.63, 3.8) is 0 Å². The monoisotopic (exact) mass is 259 g/mol. The summed E-state index contributed by atoms with van der Waals surface area (Å²) in [7, 11) is 0. The molecule has 1 aromatic rings. The quantitative estimate of drug-likeness (QED) is 0.787. The van der Waals surface area contributed by atoms with E-state index in [1.54, 1.807) is 0 Å². The molecule has 1 aliphatic carbocycles. The Bertz CT molecular complexity index is 424. The molecule has 1 aliphatic rings. The summed E-state index contributed by atoms with van der Waals surface area (Å²) in [5.74, 6) is 0.917. The zero-order valence-electron chi connectivity index (χ0n) is 12.3. The highest BCUT2D eigenvalue weighted by Crippen LogP contribution is 2.24. The third-order valence-corrected chi connectivity index (χ3v) is 3.38. The smallest absolute Gasteiger partial charge is 0.119 e. The molecular weight excluding hydrogens is 234 g/mol. The Morgan fingerprint density at radius 1 is 1.26 bits per heavy atom. The van der Waals surface area contributed by atoms with Crippen molar-refractivity contribution >= 4 is 0 Å². The first-order valence-corrected chi connectivity index (χ1v) is 7.08. The van der Waals surface area contributed by atoms with Crippen molar-refractivity contribution in [2.75, 3.05) is 13.2 Å². The van der Waals surface area contributed by atoms with E-state index >= 15 is 0 Å². The minimum Gasteiger partial charge on any atom is -0.489 e. The average Bonchev–Trinajstić information content (AvgIpc) is 3.17. The van der Waals surface area contributed by atoms with Gasteiger partial charge in [-0.2, -0.15) is 0 Å². The van der Waals surface area contributed by atoms with Crippen LogP contribution in [0.15, 0.2) is 36.4 Å². The minimum absolute atomic E-state index is 0.191. The molecule has 2 heteroatoms. The lowest BCUT2D eigenvalue weighted by molar-refractivity contribution is 0.348. The Hall–Kier alpha value is -1.28. The van der Waals surface area contributed by atoms with Crippen LogP contribution in [0.1, 0.15) is 39.2 Å². The van der Waals surface area contributed by atoms with Gasteiger partial charge in [-0.15, -0.1) is 0 Å². The molecule has 0 saturated heterocycles. The van der Waals surface area contributed by atoms with Crippen LogP contribution >= 0.6 is 0 Å². The molecule has 0 aromatic heterocycles. The first kappa shape index (κ1) is 14.1. The molecule has 1 aromatic carbocycles. The second-order valence-electron chi connectivity index (χ2n) is 6.47. The summed E-state index contributed by atoms with van der Waals surface area (Å²) in [5.41, 5.74) is 2.62. The summed E-state index contributed by atoms with van der Waals surface area (Å²) in [5, 5.41) is 3.44. The standard InChI is InChI=1S/C17H25NO/c1-13(11-18-15-7-8-15)12-19-16-9-5-14(6-10-16)17(2,3)4/h5-6,9-10,15,18H,1,7-8,11-12H2,2-4H3. The molecule has 0 atom stereocenters. The number of ether oxygens (including phenoxy) is 1. The van der Waals surface area contributed by atoms with Gasteiger partial charge in [-0.05, 0) is 41.5 Å². The van der Waals surface area contributed by atoms with Crippen molar-refractivity contribution in [3.8, 4) is 5.75 Å². The average molecular weight is 259 g/mol. The Balaban J connectivity index is 1.77. The predicted octanol–water partition coefficient (Wildman–Crippen LogP) is 3.67. The molecule has 1 N–H and O–H groups in total. The first-order chi connectivity index (χ1) is 8.95. The Labute approximate surface area is 116 Å². The molecule has 0 radical (unpaired) electrons. The second-order valence-corrected chi connectivity index (χ2v) is 6.47. The lowest BCUT2D eigenvalue weighted by Gasteiger charge is -2.19. The molecule has 104 valence electrons. The maximum atomic E-state index is 5.75. The van der Waals surface area contributed by atoms with E-state index < -0.39 is 0 Å². The van der Waals surface area contributed by atoms with Gasteiger partial charge < -0.3 is 10.1 Å². The summed E-state index contributed by atoms with van der Waals surface area (Å²) < 4.78 is 5.75. The highest BCUT2D eigenvalue weighted by molar-refractivity contribution is 5.31. The van der Waals surface area contributed by atoms with Crippen LogP contribution < -0.4 is 10.1 Å². The number of hydrogen-bond acceptors (Lipinski definition) is 2. The number of benzene rings is 1. The Kier molecular flexibility index (Phi) is 4.31. The largest absolute Gasteiger partial charge is 0.489 e. The fourth-order valence-corrected chi connectivity index (χ4v) is 1.86. The summed E-state index contributed by atoms with van der Waals surface area (Å²) in [6.45, 7) is 12.1. The van der Waals surface area contributed by atoms with E-state index in [0.29, 0.717) is 6.61 Å². The van der Waals surface area contributed by atoms with Crippen LogP contribution in [0.5, 0.6) is 5.75 Å². The number of hydrogen-bond donors (Lipinski definition) is 1. The molecular formula is C17H25NO. The fourth-order valence-electron chi connectivity index (χ4n) is 1.86. The normalized spacial score (nSPS) is 15.3. The summed E-state index contributed by atoms with van der Waals surface area (Å²) >= 11 is 0. The van der Waals surface area contributed by atoms with E-state index in [4.69, 9.17) is 4.74 Å². The van der Waals surface area contributed by atoms with Crippen molar-refractivity contribution in [1.29, 1.82) is 0 Å². The van der Waals surface area contributed by atoms with Crippen molar-refractivity contribution < 1.29 is 4.74 Å². The van der Waals surface area contributed by atoms with E-state index in [0.717, 1.165) is 23.9 Å². The summed E-state index contributed by atoms with van der Waals surface area (Å²) in [6.07, 6.45) is 2.62. The van der Waals surface area contributed by atoms with Crippen LogP contribution in [0.3, 0.4) is 0 Å². The molecule has 1 saturated carbocycles. The third-order valence-electron chi connectivity index (χ3n) is 3.38. The van der Waals surface area contributed by atoms with Crippen molar-refractivity contribution in [1.82, 2.24) is 5.32 Å². The van der Waals surface area contributed by atoms with Gasteiger partial charge in [0.25, 0.3) is 0 Å². The topological polar surface area (TPSA) is 21.3 Å². The van der Waals surface area contributed by atoms with Crippen LogP contribution in [0.4, 0.5) is 0 Å². The highest BCUT2D eigenvalue weighted by Gasteiger charge is 2.20. The highest BCUT2D eigenvalue weighted by atomic mass is 16.5. The van der Waals surface area contributed by atoms with Crippen molar-refractivity contribution in [2.45, 2.75) is 45.1 Å². The zero-order valence-corrected chi connectivity index (χ0v) is 12.3. The maximum Gasteiger partial charge on any atom is 0.119 e. The van der Waals surface area contributed by atoms with Gasteiger partial charge in [0.1, 0.15) is 12.4 Å². The second kappa shape index (κ2) is 5.79. The molecule has 0 aliphatic heterocycles. The molecule has 0 heterocycles.